The lowest BCUT2D eigenvalue weighted by Crippen LogP contribution is -2.14. The van der Waals surface area contributed by atoms with E-state index in [-0.39, 0.29) is 13.1 Å². The largest absolute Gasteiger partial charge is 0.293 e. The van der Waals surface area contributed by atoms with Gasteiger partial charge in [0.2, 0.25) is 0 Å². The fourth-order valence-corrected chi connectivity index (χ4v) is 4.17. The Labute approximate surface area is 163 Å². The smallest absolute Gasteiger partial charge is 0.170 e. The summed E-state index contributed by atoms with van der Waals surface area (Å²) in [6.45, 7) is 2.22. The molecule has 1 nitrogen and oxygen atoms in total. The Morgan fingerprint density at radius 2 is 1.96 bits per heavy atom. The number of fused-ring (bicyclic) bond motifs is 1. The van der Waals surface area contributed by atoms with Gasteiger partial charge in [-0.2, -0.15) is 0 Å². The number of benzene rings is 2. The van der Waals surface area contributed by atoms with E-state index in [0.717, 1.165) is 36.8 Å². The van der Waals surface area contributed by atoms with Crippen LogP contribution in [-0.2, 0) is 6.42 Å². The van der Waals surface area contributed by atoms with E-state index in [1.54, 1.807) is 0 Å². The zero-order valence-corrected chi connectivity index (χ0v) is 15.9. The van der Waals surface area contributed by atoms with Crippen LogP contribution in [-0.4, -0.2) is 5.78 Å². The average molecular weight is 357 g/mol. The molecule has 0 radical (unpaired) electrons. The van der Waals surface area contributed by atoms with E-state index in [9.17, 15) is 4.79 Å². The number of carbonyl (C=O) groups is 1. The van der Waals surface area contributed by atoms with E-state index >= 15 is 0 Å². The van der Waals surface area contributed by atoms with E-state index in [4.69, 9.17) is 0 Å². The number of allylic oxidation sites excluding steroid dienone is 5. The third-order valence-electron chi connectivity index (χ3n) is 5.61. The molecule has 0 aliphatic heterocycles. The van der Waals surface area contributed by atoms with Crippen molar-refractivity contribution in [1.29, 1.82) is 0 Å². The van der Waals surface area contributed by atoms with Gasteiger partial charge in [-0.1, -0.05) is 97.3 Å². The zero-order valence-electron chi connectivity index (χ0n) is 15.9. The van der Waals surface area contributed by atoms with Crippen molar-refractivity contribution in [3.8, 4) is 0 Å². The van der Waals surface area contributed by atoms with Crippen LogP contribution in [0.3, 0.4) is 0 Å². The van der Waals surface area contributed by atoms with Crippen molar-refractivity contribution in [3.63, 3.8) is 0 Å². The van der Waals surface area contributed by atoms with Crippen molar-refractivity contribution in [2.75, 3.05) is 0 Å². The molecule has 0 bridgehead atoms. The SMILES string of the molecule is CCCC1=CC(CC(C(=O)c2ccccc2)c2ccc3c(c2)C=CC3)=CC1.[HH]. The Bertz CT molecular complexity index is 934. The molecule has 0 saturated heterocycles. The molecular weight excluding hydrogens is 328 g/mol. The van der Waals surface area contributed by atoms with Gasteiger partial charge in [0.05, 0.1) is 5.92 Å². The first-order chi connectivity index (χ1) is 13.2. The van der Waals surface area contributed by atoms with Crippen molar-refractivity contribution < 1.29 is 6.22 Å². The maximum Gasteiger partial charge on any atom is 0.170 e. The van der Waals surface area contributed by atoms with E-state index in [1.165, 1.54) is 28.7 Å². The van der Waals surface area contributed by atoms with Crippen LogP contribution in [0.2, 0.25) is 0 Å². The van der Waals surface area contributed by atoms with Crippen LogP contribution in [0.5, 0.6) is 0 Å². The summed E-state index contributed by atoms with van der Waals surface area (Å²) in [5, 5.41) is 0. The maximum absolute atomic E-state index is 13.4. The van der Waals surface area contributed by atoms with Gasteiger partial charge in [0, 0.05) is 6.99 Å². The van der Waals surface area contributed by atoms with Crippen LogP contribution >= 0.6 is 0 Å². The highest BCUT2D eigenvalue weighted by Gasteiger charge is 2.25. The van der Waals surface area contributed by atoms with Gasteiger partial charge in [0.15, 0.2) is 5.78 Å². The fraction of sp³-hybridized carbons (Fsp3) is 0.269. The molecule has 138 valence electrons. The molecule has 2 aromatic rings. The number of hydrogen-bond donors (Lipinski definition) is 0. The van der Waals surface area contributed by atoms with Gasteiger partial charge in [-0.3, -0.25) is 4.79 Å². The van der Waals surface area contributed by atoms with Gasteiger partial charge in [0.1, 0.15) is 0 Å². The molecular formula is C26H28O. The minimum Gasteiger partial charge on any atom is -0.293 e. The molecule has 0 heterocycles. The normalized spacial score (nSPS) is 16.0. The predicted octanol–water partition coefficient (Wildman–Crippen LogP) is 6.92. The number of Topliss-reactive ketones (excluding diaryl/α,β-unsaturated/α-hetero) is 1. The summed E-state index contributed by atoms with van der Waals surface area (Å²) in [4.78, 5) is 13.4. The second-order valence-electron chi connectivity index (χ2n) is 7.59. The van der Waals surface area contributed by atoms with Gasteiger partial charge in [-0.05, 0) is 42.4 Å². The Balaban J connectivity index is 0.00000225. The summed E-state index contributed by atoms with van der Waals surface area (Å²) in [7, 11) is 0. The lowest BCUT2D eigenvalue weighted by molar-refractivity contribution is 0.0959. The molecule has 0 amide bonds. The Morgan fingerprint density at radius 3 is 2.78 bits per heavy atom. The quantitative estimate of drug-likeness (QED) is 0.492. The van der Waals surface area contributed by atoms with Crippen LogP contribution in [0, 0.1) is 0 Å². The Morgan fingerprint density at radius 1 is 1.11 bits per heavy atom. The molecule has 2 aliphatic carbocycles. The van der Waals surface area contributed by atoms with Crippen LogP contribution in [0.15, 0.2) is 77.9 Å². The molecule has 2 aliphatic rings. The van der Waals surface area contributed by atoms with Crippen molar-refractivity contribution in [2.24, 2.45) is 0 Å². The second-order valence-corrected chi connectivity index (χ2v) is 7.59. The molecule has 4 rings (SSSR count). The van der Waals surface area contributed by atoms with E-state index in [0.29, 0.717) is 0 Å². The van der Waals surface area contributed by atoms with Crippen molar-refractivity contribution in [3.05, 3.63) is 100 Å². The first kappa shape index (κ1) is 17.7. The van der Waals surface area contributed by atoms with Gasteiger partial charge < -0.3 is 0 Å². The highest BCUT2D eigenvalue weighted by atomic mass is 16.1. The summed E-state index contributed by atoms with van der Waals surface area (Å²) < 4.78 is 0. The van der Waals surface area contributed by atoms with E-state index in [2.05, 4.69) is 49.4 Å². The number of rotatable bonds is 7. The first-order valence-corrected chi connectivity index (χ1v) is 10.0. The van der Waals surface area contributed by atoms with E-state index in [1.807, 2.05) is 30.3 Å². The zero-order chi connectivity index (χ0) is 18.6. The monoisotopic (exact) mass is 356 g/mol. The summed E-state index contributed by atoms with van der Waals surface area (Å²) >= 11 is 0. The summed E-state index contributed by atoms with van der Waals surface area (Å²) in [5.41, 5.74) is 7.36. The molecule has 1 heteroatoms. The third-order valence-corrected chi connectivity index (χ3v) is 5.61. The third kappa shape index (κ3) is 3.88. The van der Waals surface area contributed by atoms with Crippen LogP contribution in [0.25, 0.3) is 6.08 Å². The minimum absolute atomic E-state index is 0. The lowest BCUT2D eigenvalue weighted by atomic mass is 9.84. The number of ketones is 1. The molecule has 1 unspecified atom stereocenters. The standard InChI is InChI=1S/C26H26O.H2/c1-2-7-19-12-13-20(16-19)17-25(26(27)22-8-4-3-5-9-22)24-15-14-21-10-6-11-23(21)18-24;/h3-6,8-9,11,13-16,18,25H,2,7,10,12,17H2,1H3;1H. The van der Waals surface area contributed by atoms with Crippen molar-refractivity contribution in [1.82, 2.24) is 0 Å². The average Bonchev–Trinajstić information content (AvgIpc) is 3.35. The molecule has 2 aromatic carbocycles. The van der Waals surface area contributed by atoms with Gasteiger partial charge in [0.25, 0.3) is 0 Å². The lowest BCUT2D eigenvalue weighted by Gasteiger charge is -2.18. The summed E-state index contributed by atoms with van der Waals surface area (Å²) in [5.74, 6) is 0.0888. The highest BCUT2D eigenvalue weighted by Crippen LogP contribution is 2.34. The maximum atomic E-state index is 13.4. The Kier molecular flexibility index (Phi) is 5.20. The van der Waals surface area contributed by atoms with Crippen LogP contribution in [0.1, 0.15) is 67.0 Å². The summed E-state index contributed by atoms with van der Waals surface area (Å²) in [6, 6.07) is 16.3. The van der Waals surface area contributed by atoms with Gasteiger partial charge in [-0.15, -0.1) is 0 Å². The van der Waals surface area contributed by atoms with Gasteiger partial charge in [-0.25, -0.2) is 0 Å². The molecule has 0 aromatic heterocycles. The molecule has 0 N–H and O–H groups in total. The van der Waals surface area contributed by atoms with E-state index < -0.39 is 0 Å². The highest BCUT2D eigenvalue weighted by molar-refractivity contribution is 6.01. The second kappa shape index (κ2) is 7.92. The predicted molar refractivity (Wildman–Crippen MR) is 115 cm³/mol. The molecule has 0 fully saturated rings. The minimum atomic E-state index is -0.129. The van der Waals surface area contributed by atoms with Crippen LogP contribution < -0.4 is 0 Å². The number of carbonyl (C=O) groups excluding carboxylic acids is 1. The fourth-order valence-electron chi connectivity index (χ4n) is 4.17. The first-order valence-electron chi connectivity index (χ1n) is 10.0. The summed E-state index contributed by atoms with van der Waals surface area (Å²) in [6.07, 6.45) is 14.2. The molecule has 1 atom stereocenters. The van der Waals surface area contributed by atoms with Crippen molar-refractivity contribution >= 4 is 11.9 Å². The Hall–Kier alpha value is -2.67. The topological polar surface area (TPSA) is 17.1 Å². The molecule has 0 saturated carbocycles. The number of hydrogen-bond acceptors (Lipinski definition) is 1. The van der Waals surface area contributed by atoms with Crippen LogP contribution in [0.4, 0.5) is 0 Å². The molecule has 0 spiro atoms. The van der Waals surface area contributed by atoms with Gasteiger partial charge >= 0.3 is 0 Å². The van der Waals surface area contributed by atoms with Crippen molar-refractivity contribution in [2.45, 2.75) is 44.9 Å². The molecule has 27 heavy (non-hydrogen) atoms.